The lowest BCUT2D eigenvalue weighted by Gasteiger charge is -2.08. The van der Waals surface area contributed by atoms with E-state index in [1.165, 1.54) is 5.56 Å². The summed E-state index contributed by atoms with van der Waals surface area (Å²) in [4.78, 5) is 13.6. The molecule has 2 aromatic heterocycles. The summed E-state index contributed by atoms with van der Waals surface area (Å²) in [6.45, 7) is 2.00. The highest BCUT2D eigenvalue weighted by Crippen LogP contribution is 2.26. The number of nitrogens with two attached hydrogens (primary N) is 1. The van der Waals surface area contributed by atoms with Crippen molar-refractivity contribution in [1.82, 2.24) is 15.0 Å². The predicted octanol–water partition coefficient (Wildman–Crippen LogP) is 1.61. The van der Waals surface area contributed by atoms with Gasteiger partial charge >= 0.3 is 0 Å². The van der Waals surface area contributed by atoms with E-state index < -0.39 is 0 Å². The van der Waals surface area contributed by atoms with Crippen molar-refractivity contribution < 1.29 is 0 Å². The fourth-order valence-corrected chi connectivity index (χ4v) is 3.07. The maximum Gasteiger partial charge on any atom is 0.147 e. The van der Waals surface area contributed by atoms with Crippen molar-refractivity contribution in [2.75, 3.05) is 5.43 Å². The number of nitrogen functional groups attached to an aromatic ring is 1. The number of rotatable bonds is 3. The summed E-state index contributed by atoms with van der Waals surface area (Å²) >= 11 is 1.65. The van der Waals surface area contributed by atoms with Gasteiger partial charge in [0.2, 0.25) is 0 Å². The first kappa shape index (κ1) is 11.6. The first-order valence-electron chi connectivity index (χ1n) is 6.02. The SMILES string of the molecule is Cc1csc(Cc2nc3c(c(NN)n2)CCC3)n1. The number of aromatic nitrogens is 3. The summed E-state index contributed by atoms with van der Waals surface area (Å²) in [5.74, 6) is 7.12. The number of fused-ring (bicyclic) bond motifs is 1. The predicted molar refractivity (Wildman–Crippen MR) is 71.5 cm³/mol. The number of nitrogens with one attached hydrogen (secondary N) is 1. The van der Waals surface area contributed by atoms with Crippen LogP contribution in [0, 0.1) is 6.92 Å². The first-order valence-corrected chi connectivity index (χ1v) is 6.90. The lowest BCUT2D eigenvalue weighted by molar-refractivity contribution is 0.883. The largest absolute Gasteiger partial charge is 0.308 e. The van der Waals surface area contributed by atoms with Gasteiger partial charge in [-0.05, 0) is 26.2 Å². The summed E-state index contributed by atoms with van der Waals surface area (Å²) in [6, 6.07) is 0. The van der Waals surface area contributed by atoms with Crippen LogP contribution in [0.4, 0.5) is 5.82 Å². The van der Waals surface area contributed by atoms with Crippen LogP contribution in [-0.4, -0.2) is 15.0 Å². The molecule has 18 heavy (non-hydrogen) atoms. The molecule has 0 saturated carbocycles. The van der Waals surface area contributed by atoms with Gasteiger partial charge < -0.3 is 5.43 Å². The monoisotopic (exact) mass is 261 g/mol. The number of aryl methyl sites for hydroxylation is 2. The Bertz CT molecular complexity index is 578. The Labute approximate surface area is 109 Å². The third-order valence-corrected chi connectivity index (χ3v) is 4.06. The third-order valence-electron chi connectivity index (χ3n) is 3.09. The van der Waals surface area contributed by atoms with Crippen LogP contribution in [0.5, 0.6) is 0 Å². The maximum absolute atomic E-state index is 5.54. The number of hydrazine groups is 1. The Balaban J connectivity index is 1.93. The summed E-state index contributed by atoms with van der Waals surface area (Å²) < 4.78 is 0. The molecule has 1 aliphatic carbocycles. The van der Waals surface area contributed by atoms with Crippen LogP contribution in [0.3, 0.4) is 0 Å². The number of nitrogens with zero attached hydrogens (tertiary/aromatic N) is 3. The highest BCUT2D eigenvalue weighted by molar-refractivity contribution is 7.09. The molecule has 0 saturated heterocycles. The highest BCUT2D eigenvalue weighted by Gasteiger charge is 2.19. The molecule has 94 valence electrons. The molecule has 0 aliphatic heterocycles. The second kappa shape index (κ2) is 4.62. The average Bonchev–Trinajstić information content (AvgIpc) is 2.97. The van der Waals surface area contributed by atoms with E-state index in [0.717, 1.165) is 47.3 Å². The number of thiazole rings is 1. The standard InChI is InChI=1S/C12H15N5S/c1-7-6-18-11(14-7)5-10-15-9-4-2-3-8(9)12(16-10)17-13/h6H,2-5,13H2,1H3,(H,15,16,17). The molecular formula is C12H15N5S. The fourth-order valence-electron chi connectivity index (χ4n) is 2.30. The van der Waals surface area contributed by atoms with Crippen molar-refractivity contribution in [3.63, 3.8) is 0 Å². The van der Waals surface area contributed by atoms with E-state index in [1.54, 1.807) is 11.3 Å². The van der Waals surface area contributed by atoms with Gasteiger partial charge in [0.05, 0.1) is 6.42 Å². The zero-order valence-corrected chi connectivity index (χ0v) is 11.0. The summed E-state index contributed by atoms with van der Waals surface area (Å²) in [7, 11) is 0. The molecule has 1 aliphatic rings. The van der Waals surface area contributed by atoms with Crippen molar-refractivity contribution in [1.29, 1.82) is 0 Å². The molecule has 0 radical (unpaired) electrons. The molecule has 5 nitrogen and oxygen atoms in total. The molecule has 0 unspecified atom stereocenters. The van der Waals surface area contributed by atoms with E-state index in [-0.39, 0.29) is 0 Å². The second-order valence-electron chi connectivity index (χ2n) is 4.47. The zero-order chi connectivity index (χ0) is 12.5. The van der Waals surface area contributed by atoms with Gasteiger partial charge in [-0.15, -0.1) is 11.3 Å². The lowest BCUT2D eigenvalue weighted by Crippen LogP contribution is -2.14. The molecule has 3 rings (SSSR count). The second-order valence-corrected chi connectivity index (χ2v) is 5.41. The van der Waals surface area contributed by atoms with Crippen molar-refractivity contribution in [2.24, 2.45) is 5.84 Å². The van der Waals surface area contributed by atoms with Crippen LogP contribution >= 0.6 is 11.3 Å². The number of hydrogen-bond donors (Lipinski definition) is 2. The topological polar surface area (TPSA) is 76.7 Å². The third kappa shape index (κ3) is 2.09. The van der Waals surface area contributed by atoms with Gasteiger partial charge in [-0.3, -0.25) is 0 Å². The van der Waals surface area contributed by atoms with Crippen molar-refractivity contribution in [3.8, 4) is 0 Å². The number of anilines is 1. The van der Waals surface area contributed by atoms with Crippen LogP contribution in [0.15, 0.2) is 5.38 Å². The van der Waals surface area contributed by atoms with Crippen molar-refractivity contribution >= 4 is 17.2 Å². The van der Waals surface area contributed by atoms with Crippen LogP contribution in [0.2, 0.25) is 0 Å². The molecule has 0 atom stereocenters. The Hall–Kier alpha value is -1.53. The van der Waals surface area contributed by atoms with Crippen LogP contribution < -0.4 is 11.3 Å². The summed E-state index contributed by atoms with van der Waals surface area (Å²) in [5, 5.41) is 3.10. The van der Waals surface area contributed by atoms with Crippen molar-refractivity contribution in [3.05, 3.63) is 33.2 Å². The minimum Gasteiger partial charge on any atom is -0.308 e. The van der Waals surface area contributed by atoms with Gasteiger partial charge in [-0.2, -0.15) is 0 Å². The van der Waals surface area contributed by atoms with E-state index in [0.29, 0.717) is 6.42 Å². The molecule has 2 aromatic rings. The van der Waals surface area contributed by atoms with E-state index in [1.807, 2.05) is 12.3 Å². The minimum atomic E-state index is 0.681. The number of hydrogen-bond acceptors (Lipinski definition) is 6. The minimum absolute atomic E-state index is 0.681. The quantitative estimate of drug-likeness (QED) is 0.648. The summed E-state index contributed by atoms with van der Waals surface area (Å²) in [5.41, 5.74) is 6.06. The van der Waals surface area contributed by atoms with Crippen LogP contribution in [0.25, 0.3) is 0 Å². The molecule has 0 aromatic carbocycles. The molecule has 6 heteroatoms. The van der Waals surface area contributed by atoms with Gasteiger partial charge in [0.25, 0.3) is 0 Å². The molecule has 0 amide bonds. The Morgan fingerprint density at radius 3 is 2.94 bits per heavy atom. The van der Waals surface area contributed by atoms with E-state index >= 15 is 0 Å². The van der Waals surface area contributed by atoms with Gasteiger partial charge in [-0.25, -0.2) is 20.8 Å². The Morgan fingerprint density at radius 2 is 2.22 bits per heavy atom. The fraction of sp³-hybridized carbons (Fsp3) is 0.417. The maximum atomic E-state index is 5.54. The average molecular weight is 261 g/mol. The van der Waals surface area contributed by atoms with Crippen LogP contribution in [-0.2, 0) is 19.3 Å². The normalized spacial score (nSPS) is 13.7. The Kier molecular flexibility index (Phi) is 2.97. The lowest BCUT2D eigenvalue weighted by atomic mass is 10.2. The first-order chi connectivity index (χ1) is 8.76. The zero-order valence-electron chi connectivity index (χ0n) is 10.2. The van der Waals surface area contributed by atoms with Crippen LogP contribution in [0.1, 0.15) is 34.2 Å². The van der Waals surface area contributed by atoms with Crippen molar-refractivity contribution in [2.45, 2.75) is 32.6 Å². The van der Waals surface area contributed by atoms with Gasteiger partial charge in [0.15, 0.2) is 0 Å². The van der Waals surface area contributed by atoms with Gasteiger partial charge in [0, 0.05) is 22.3 Å². The molecule has 0 fully saturated rings. The highest BCUT2D eigenvalue weighted by atomic mass is 32.1. The Morgan fingerprint density at radius 1 is 1.33 bits per heavy atom. The van der Waals surface area contributed by atoms with E-state index in [2.05, 4.69) is 20.4 Å². The molecule has 2 heterocycles. The molecule has 3 N–H and O–H groups in total. The van der Waals surface area contributed by atoms with Gasteiger partial charge in [0.1, 0.15) is 16.6 Å². The smallest absolute Gasteiger partial charge is 0.147 e. The molecule has 0 spiro atoms. The van der Waals surface area contributed by atoms with E-state index in [4.69, 9.17) is 5.84 Å². The molecular weight excluding hydrogens is 246 g/mol. The van der Waals surface area contributed by atoms with E-state index in [9.17, 15) is 0 Å². The summed E-state index contributed by atoms with van der Waals surface area (Å²) in [6.07, 6.45) is 3.86. The molecule has 0 bridgehead atoms. The van der Waals surface area contributed by atoms with Gasteiger partial charge in [-0.1, -0.05) is 0 Å².